The molecule has 0 fully saturated rings. The number of amides is 1. The highest BCUT2D eigenvalue weighted by atomic mass is 16.3. The fraction of sp³-hybridized carbons (Fsp3) is 0.214. The Labute approximate surface area is 115 Å². The molecule has 0 unspecified atom stereocenters. The fourth-order valence-electron chi connectivity index (χ4n) is 2.48. The van der Waals surface area contributed by atoms with Crippen molar-refractivity contribution < 1.29 is 9.90 Å². The number of anilines is 1. The van der Waals surface area contributed by atoms with Crippen molar-refractivity contribution in [3.8, 4) is 0 Å². The van der Waals surface area contributed by atoms with E-state index in [0.717, 1.165) is 11.1 Å². The molecule has 0 spiro atoms. The Morgan fingerprint density at radius 1 is 1.30 bits per heavy atom. The first-order valence-electron chi connectivity index (χ1n) is 6.30. The molecular weight excluding hydrogens is 256 g/mol. The molecule has 6 heteroatoms. The van der Waals surface area contributed by atoms with Gasteiger partial charge in [0.2, 0.25) is 0 Å². The number of nitrogens with two attached hydrogens (primary N) is 1. The van der Waals surface area contributed by atoms with Gasteiger partial charge in [0.15, 0.2) is 11.5 Å². The molecule has 0 saturated heterocycles. The van der Waals surface area contributed by atoms with E-state index in [1.807, 2.05) is 24.3 Å². The van der Waals surface area contributed by atoms with Gasteiger partial charge >= 0.3 is 0 Å². The van der Waals surface area contributed by atoms with Gasteiger partial charge in [-0.15, -0.1) is 0 Å². The maximum atomic E-state index is 12.2. The van der Waals surface area contributed by atoms with Crippen LogP contribution in [-0.2, 0) is 6.42 Å². The Morgan fingerprint density at radius 3 is 2.85 bits per heavy atom. The molecular formula is C14H14N4O2. The first kappa shape index (κ1) is 12.6. The number of nitrogens with zero attached hydrogens (tertiary/aromatic N) is 2. The number of hydrogen-bond donors (Lipinski definition) is 3. The van der Waals surface area contributed by atoms with Crippen molar-refractivity contribution in [2.45, 2.75) is 18.6 Å². The normalized spacial score (nSPS) is 20.4. The first-order valence-corrected chi connectivity index (χ1v) is 6.30. The predicted octanol–water partition coefficient (Wildman–Crippen LogP) is 0.447. The van der Waals surface area contributed by atoms with E-state index in [9.17, 15) is 9.90 Å². The summed E-state index contributed by atoms with van der Waals surface area (Å²) in [6.07, 6.45) is 2.71. The minimum atomic E-state index is -0.644. The molecule has 2 aromatic rings. The molecule has 1 heterocycles. The van der Waals surface area contributed by atoms with Crippen molar-refractivity contribution in [1.82, 2.24) is 15.3 Å². The summed E-state index contributed by atoms with van der Waals surface area (Å²) in [6, 6.07) is 7.20. The molecule has 0 radical (unpaired) electrons. The second-order valence-electron chi connectivity index (χ2n) is 4.71. The third-order valence-electron chi connectivity index (χ3n) is 3.43. The van der Waals surface area contributed by atoms with Gasteiger partial charge in [-0.3, -0.25) is 4.79 Å². The van der Waals surface area contributed by atoms with Crippen LogP contribution in [0.2, 0.25) is 0 Å². The Balaban J connectivity index is 1.85. The number of nitrogens with one attached hydrogen (secondary N) is 1. The number of hydrogen-bond acceptors (Lipinski definition) is 5. The van der Waals surface area contributed by atoms with Gasteiger partial charge < -0.3 is 16.2 Å². The monoisotopic (exact) mass is 270 g/mol. The summed E-state index contributed by atoms with van der Waals surface area (Å²) in [7, 11) is 0. The first-order chi connectivity index (χ1) is 9.66. The molecule has 0 bridgehead atoms. The smallest absolute Gasteiger partial charge is 0.274 e. The molecule has 102 valence electrons. The van der Waals surface area contributed by atoms with Crippen LogP contribution in [0.1, 0.15) is 27.7 Å². The number of carbonyl (C=O) groups is 1. The van der Waals surface area contributed by atoms with E-state index in [2.05, 4.69) is 15.3 Å². The van der Waals surface area contributed by atoms with Crippen LogP contribution in [0.3, 0.4) is 0 Å². The standard InChI is InChI=1S/C14H14N4O2/c15-13-12(16-5-6-17-13)14(20)18-11-9-4-2-1-3-8(9)7-10(11)19/h1-6,10-11,19H,7H2,(H2,15,17)(H,18,20)/t10-,11+/m0/s1. The van der Waals surface area contributed by atoms with Crippen LogP contribution in [0.4, 0.5) is 5.82 Å². The van der Waals surface area contributed by atoms with Crippen molar-refractivity contribution in [1.29, 1.82) is 0 Å². The summed E-state index contributed by atoms with van der Waals surface area (Å²) < 4.78 is 0. The lowest BCUT2D eigenvalue weighted by molar-refractivity contribution is 0.0854. The number of fused-ring (bicyclic) bond motifs is 1. The van der Waals surface area contributed by atoms with Crippen LogP contribution in [-0.4, -0.2) is 27.1 Å². The van der Waals surface area contributed by atoms with Crippen LogP contribution in [0, 0.1) is 0 Å². The number of benzene rings is 1. The average molecular weight is 270 g/mol. The Kier molecular flexibility index (Phi) is 3.08. The molecule has 0 aliphatic heterocycles. The average Bonchev–Trinajstić information content (AvgIpc) is 2.76. The van der Waals surface area contributed by atoms with E-state index >= 15 is 0 Å². The van der Waals surface area contributed by atoms with Crippen LogP contribution < -0.4 is 11.1 Å². The SMILES string of the molecule is Nc1nccnc1C(=O)N[C@@H]1c2ccccc2C[C@@H]1O. The van der Waals surface area contributed by atoms with Crippen LogP contribution in [0.15, 0.2) is 36.7 Å². The minimum absolute atomic E-state index is 0.0732. The topological polar surface area (TPSA) is 101 Å². The second-order valence-corrected chi connectivity index (χ2v) is 4.71. The zero-order valence-corrected chi connectivity index (χ0v) is 10.7. The van der Waals surface area contributed by atoms with E-state index in [1.165, 1.54) is 12.4 Å². The van der Waals surface area contributed by atoms with Gasteiger partial charge in [-0.2, -0.15) is 0 Å². The zero-order valence-electron chi connectivity index (χ0n) is 10.7. The van der Waals surface area contributed by atoms with Crippen molar-refractivity contribution in [3.05, 3.63) is 53.5 Å². The molecule has 2 atom stereocenters. The van der Waals surface area contributed by atoms with E-state index < -0.39 is 18.1 Å². The number of nitrogen functional groups attached to an aromatic ring is 1. The molecule has 0 saturated carbocycles. The molecule has 3 rings (SSSR count). The molecule has 1 aliphatic carbocycles. The lowest BCUT2D eigenvalue weighted by atomic mass is 10.1. The molecule has 1 aromatic heterocycles. The molecule has 1 aromatic carbocycles. The molecule has 1 aliphatic rings. The second kappa shape index (κ2) is 4.90. The molecule has 6 nitrogen and oxygen atoms in total. The number of aliphatic hydroxyl groups is 1. The fourth-order valence-corrected chi connectivity index (χ4v) is 2.48. The molecule has 20 heavy (non-hydrogen) atoms. The summed E-state index contributed by atoms with van der Waals surface area (Å²) in [6.45, 7) is 0. The van der Waals surface area contributed by atoms with E-state index in [0.29, 0.717) is 6.42 Å². The van der Waals surface area contributed by atoms with Crippen molar-refractivity contribution >= 4 is 11.7 Å². The van der Waals surface area contributed by atoms with Crippen LogP contribution in [0.25, 0.3) is 0 Å². The molecule has 4 N–H and O–H groups in total. The highest BCUT2D eigenvalue weighted by Crippen LogP contribution is 2.31. The quantitative estimate of drug-likeness (QED) is 0.735. The van der Waals surface area contributed by atoms with Gasteiger partial charge in [0.25, 0.3) is 5.91 Å². The third-order valence-corrected chi connectivity index (χ3v) is 3.43. The summed E-state index contributed by atoms with van der Waals surface area (Å²) >= 11 is 0. The predicted molar refractivity (Wildman–Crippen MR) is 72.8 cm³/mol. The Bertz CT molecular complexity index is 659. The third kappa shape index (κ3) is 2.10. The van der Waals surface area contributed by atoms with Crippen molar-refractivity contribution in [3.63, 3.8) is 0 Å². The van der Waals surface area contributed by atoms with E-state index in [4.69, 9.17) is 5.73 Å². The minimum Gasteiger partial charge on any atom is -0.390 e. The van der Waals surface area contributed by atoms with Crippen molar-refractivity contribution in [2.75, 3.05) is 5.73 Å². The summed E-state index contributed by atoms with van der Waals surface area (Å²) in [5.74, 6) is -0.359. The number of aliphatic hydroxyl groups excluding tert-OH is 1. The van der Waals surface area contributed by atoms with Gasteiger partial charge in [0.05, 0.1) is 12.1 Å². The summed E-state index contributed by atoms with van der Waals surface area (Å²) in [5, 5.41) is 12.9. The van der Waals surface area contributed by atoms with Crippen LogP contribution in [0.5, 0.6) is 0 Å². The number of carbonyl (C=O) groups excluding carboxylic acids is 1. The maximum absolute atomic E-state index is 12.2. The van der Waals surface area contributed by atoms with E-state index in [-0.39, 0.29) is 11.5 Å². The highest BCUT2D eigenvalue weighted by molar-refractivity contribution is 5.96. The highest BCUT2D eigenvalue weighted by Gasteiger charge is 2.32. The summed E-state index contributed by atoms with van der Waals surface area (Å²) in [5.41, 5.74) is 7.67. The van der Waals surface area contributed by atoms with Crippen molar-refractivity contribution in [2.24, 2.45) is 0 Å². The lowest BCUT2D eigenvalue weighted by Crippen LogP contribution is -2.34. The number of rotatable bonds is 2. The van der Waals surface area contributed by atoms with E-state index in [1.54, 1.807) is 0 Å². The Hall–Kier alpha value is -2.47. The van der Waals surface area contributed by atoms with Gasteiger partial charge in [-0.25, -0.2) is 9.97 Å². The Morgan fingerprint density at radius 2 is 2.05 bits per heavy atom. The molecule has 1 amide bonds. The summed E-state index contributed by atoms with van der Waals surface area (Å²) in [4.78, 5) is 19.9. The van der Waals surface area contributed by atoms with Gasteiger partial charge in [0.1, 0.15) is 0 Å². The van der Waals surface area contributed by atoms with Gasteiger partial charge in [-0.1, -0.05) is 24.3 Å². The largest absolute Gasteiger partial charge is 0.390 e. The zero-order chi connectivity index (χ0) is 14.1. The number of aromatic nitrogens is 2. The maximum Gasteiger partial charge on any atom is 0.274 e. The van der Waals surface area contributed by atoms with Crippen LogP contribution >= 0.6 is 0 Å². The van der Waals surface area contributed by atoms with Gasteiger partial charge in [0, 0.05) is 18.8 Å². The lowest BCUT2D eigenvalue weighted by Gasteiger charge is -2.17. The van der Waals surface area contributed by atoms with Gasteiger partial charge in [-0.05, 0) is 11.1 Å².